The van der Waals surface area contributed by atoms with Crippen molar-refractivity contribution in [1.29, 1.82) is 0 Å². The van der Waals surface area contributed by atoms with E-state index in [4.69, 9.17) is 0 Å². The van der Waals surface area contributed by atoms with E-state index >= 15 is 0 Å². The van der Waals surface area contributed by atoms with E-state index < -0.39 is 0 Å². The Balaban J connectivity index is 1.96. The molecule has 2 heterocycles. The highest BCUT2D eigenvalue weighted by molar-refractivity contribution is 7.13. The molecule has 0 bridgehead atoms. The zero-order chi connectivity index (χ0) is 22.0. The topological polar surface area (TPSA) is 34.1 Å². The summed E-state index contributed by atoms with van der Waals surface area (Å²) in [6.07, 6.45) is 6.89. The third kappa shape index (κ3) is 4.80. The lowest BCUT2D eigenvalue weighted by Crippen LogP contribution is -2.20. The van der Waals surface area contributed by atoms with Crippen LogP contribution >= 0.6 is 22.7 Å². The fourth-order valence-electron chi connectivity index (χ4n) is 4.46. The van der Waals surface area contributed by atoms with Gasteiger partial charge in [-0.15, -0.1) is 11.3 Å². The Morgan fingerprint density at radius 1 is 0.667 bits per heavy atom. The maximum atomic E-state index is 13.4. The van der Waals surface area contributed by atoms with E-state index in [1.165, 1.54) is 24.2 Å². The Hall–Kier alpha value is -1.26. The summed E-state index contributed by atoms with van der Waals surface area (Å²) in [5.74, 6) is 2.17. The number of hydrogen-bond donors (Lipinski definition) is 0. The minimum atomic E-state index is 0.0726. The standard InChI is InChI=1S/C26H36O2S2/c1-15(2)9-7-11-17(5)25-21-22(24(28)20-14-29-13-19(20)23(21)27)26(30-25)18(6)12-8-10-16(3)4/h13-18H,7-12H2,1-6H3. The second-order valence-electron chi connectivity index (χ2n) is 9.89. The van der Waals surface area contributed by atoms with Gasteiger partial charge in [0.1, 0.15) is 0 Å². The molecule has 2 nitrogen and oxygen atoms in total. The van der Waals surface area contributed by atoms with Crippen molar-refractivity contribution in [3.63, 3.8) is 0 Å². The molecule has 1 aliphatic rings. The zero-order valence-corrected chi connectivity index (χ0v) is 21.0. The lowest BCUT2D eigenvalue weighted by atomic mass is 9.82. The summed E-state index contributed by atoms with van der Waals surface area (Å²) in [6.45, 7) is 13.5. The van der Waals surface area contributed by atoms with Gasteiger partial charge in [-0.05, 0) is 36.5 Å². The molecule has 0 fully saturated rings. The van der Waals surface area contributed by atoms with Gasteiger partial charge < -0.3 is 0 Å². The molecule has 4 heteroatoms. The van der Waals surface area contributed by atoms with Gasteiger partial charge in [0, 0.05) is 42.8 Å². The summed E-state index contributed by atoms with van der Waals surface area (Å²) < 4.78 is 0. The second kappa shape index (κ2) is 9.91. The van der Waals surface area contributed by atoms with Gasteiger partial charge in [-0.2, -0.15) is 11.3 Å². The normalized spacial score (nSPS) is 15.6. The van der Waals surface area contributed by atoms with Crippen LogP contribution in [0.4, 0.5) is 0 Å². The van der Waals surface area contributed by atoms with Gasteiger partial charge in [0.25, 0.3) is 0 Å². The number of fused-ring (bicyclic) bond motifs is 2. The van der Waals surface area contributed by atoms with Gasteiger partial charge in [0.05, 0.1) is 0 Å². The van der Waals surface area contributed by atoms with Crippen LogP contribution in [-0.4, -0.2) is 11.6 Å². The quantitative estimate of drug-likeness (QED) is 0.314. The lowest BCUT2D eigenvalue weighted by molar-refractivity contribution is 0.0979. The SMILES string of the molecule is CC(C)CCCC(C)c1sc(C(C)CCCC(C)C)c2c1C(=O)c1cscc1C2=O. The zero-order valence-electron chi connectivity index (χ0n) is 19.3. The highest BCUT2D eigenvalue weighted by Gasteiger charge is 2.38. The number of rotatable bonds is 10. The second-order valence-corrected chi connectivity index (χ2v) is 11.7. The van der Waals surface area contributed by atoms with Crippen molar-refractivity contribution in [1.82, 2.24) is 0 Å². The Bertz CT molecular complexity index is 831. The summed E-state index contributed by atoms with van der Waals surface area (Å²) in [4.78, 5) is 29.1. The fraction of sp³-hybridized carbons (Fsp3) is 0.615. The summed E-state index contributed by atoms with van der Waals surface area (Å²) in [6, 6.07) is 0. The van der Waals surface area contributed by atoms with Gasteiger partial charge in [0.2, 0.25) is 0 Å². The Morgan fingerprint density at radius 2 is 1.07 bits per heavy atom. The van der Waals surface area contributed by atoms with Gasteiger partial charge in [-0.25, -0.2) is 0 Å². The smallest absolute Gasteiger partial charge is 0.196 e. The van der Waals surface area contributed by atoms with Gasteiger partial charge in [-0.3, -0.25) is 9.59 Å². The third-order valence-corrected chi connectivity index (χ3v) is 8.70. The van der Waals surface area contributed by atoms with E-state index in [-0.39, 0.29) is 11.6 Å². The van der Waals surface area contributed by atoms with E-state index in [0.29, 0.717) is 34.8 Å². The molecule has 3 rings (SSSR count). The molecule has 0 radical (unpaired) electrons. The fourth-order valence-corrected chi connectivity index (χ4v) is 6.73. The Labute approximate surface area is 190 Å². The van der Waals surface area contributed by atoms with E-state index in [1.54, 1.807) is 11.3 Å². The Morgan fingerprint density at radius 3 is 1.43 bits per heavy atom. The first-order valence-electron chi connectivity index (χ1n) is 11.5. The van der Waals surface area contributed by atoms with Crippen LogP contribution in [0.15, 0.2) is 10.8 Å². The van der Waals surface area contributed by atoms with Crippen molar-refractivity contribution in [3.05, 3.63) is 42.8 Å². The molecule has 0 aromatic carbocycles. The third-order valence-electron chi connectivity index (χ3n) is 6.30. The summed E-state index contributed by atoms with van der Waals surface area (Å²) >= 11 is 3.21. The van der Waals surface area contributed by atoms with Crippen molar-refractivity contribution < 1.29 is 9.59 Å². The first kappa shape index (κ1) is 23.4. The molecule has 2 aromatic rings. The molecule has 0 N–H and O–H groups in total. The van der Waals surface area contributed by atoms with Crippen LogP contribution in [0.5, 0.6) is 0 Å². The number of carbonyl (C=O) groups excluding carboxylic acids is 2. The molecule has 0 amide bonds. The monoisotopic (exact) mass is 444 g/mol. The number of carbonyl (C=O) groups is 2. The predicted molar refractivity (Wildman–Crippen MR) is 130 cm³/mol. The molecule has 2 aromatic heterocycles. The number of thiophene rings is 2. The average molecular weight is 445 g/mol. The van der Waals surface area contributed by atoms with Crippen LogP contribution in [0, 0.1) is 11.8 Å². The Kier molecular flexibility index (Phi) is 7.73. The van der Waals surface area contributed by atoms with Crippen molar-refractivity contribution >= 4 is 34.2 Å². The first-order chi connectivity index (χ1) is 14.2. The molecule has 0 aliphatic heterocycles. The van der Waals surface area contributed by atoms with Crippen molar-refractivity contribution in [2.45, 2.75) is 91.9 Å². The van der Waals surface area contributed by atoms with Gasteiger partial charge in [-0.1, -0.05) is 67.2 Å². The van der Waals surface area contributed by atoms with E-state index in [1.807, 2.05) is 10.8 Å². The molecule has 0 spiro atoms. The predicted octanol–water partition coefficient (Wildman–Crippen LogP) is 8.44. The summed E-state index contributed by atoms with van der Waals surface area (Å²) in [5, 5.41) is 3.71. The van der Waals surface area contributed by atoms with Crippen LogP contribution < -0.4 is 0 Å². The van der Waals surface area contributed by atoms with Crippen LogP contribution in [-0.2, 0) is 0 Å². The number of ketones is 2. The molecule has 2 unspecified atom stereocenters. The van der Waals surface area contributed by atoms with Crippen molar-refractivity contribution in [3.8, 4) is 0 Å². The molecule has 30 heavy (non-hydrogen) atoms. The number of hydrogen-bond acceptors (Lipinski definition) is 4. The molecule has 164 valence electrons. The highest BCUT2D eigenvalue weighted by atomic mass is 32.1. The molecular formula is C26H36O2S2. The molecule has 1 aliphatic carbocycles. The largest absolute Gasteiger partial charge is 0.288 e. The van der Waals surface area contributed by atoms with Crippen LogP contribution in [0.25, 0.3) is 0 Å². The van der Waals surface area contributed by atoms with E-state index in [0.717, 1.165) is 46.6 Å². The van der Waals surface area contributed by atoms with E-state index in [9.17, 15) is 9.59 Å². The molecule has 0 saturated carbocycles. The molecule has 0 saturated heterocycles. The van der Waals surface area contributed by atoms with Crippen LogP contribution in [0.1, 0.15) is 134 Å². The van der Waals surface area contributed by atoms with Crippen molar-refractivity contribution in [2.24, 2.45) is 11.8 Å². The summed E-state index contributed by atoms with van der Waals surface area (Å²) in [7, 11) is 0. The minimum Gasteiger partial charge on any atom is -0.288 e. The van der Waals surface area contributed by atoms with E-state index in [2.05, 4.69) is 41.5 Å². The maximum absolute atomic E-state index is 13.4. The molecular weight excluding hydrogens is 408 g/mol. The highest BCUT2D eigenvalue weighted by Crippen LogP contribution is 2.45. The van der Waals surface area contributed by atoms with Gasteiger partial charge in [0.15, 0.2) is 11.6 Å². The first-order valence-corrected chi connectivity index (χ1v) is 13.3. The molecule has 2 atom stereocenters. The van der Waals surface area contributed by atoms with Crippen LogP contribution in [0.2, 0.25) is 0 Å². The van der Waals surface area contributed by atoms with Crippen molar-refractivity contribution in [2.75, 3.05) is 0 Å². The lowest BCUT2D eigenvalue weighted by Gasteiger charge is -2.17. The maximum Gasteiger partial charge on any atom is 0.196 e. The average Bonchev–Trinajstić information content (AvgIpc) is 3.31. The van der Waals surface area contributed by atoms with Gasteiger partial charge >= 0.3 is 0 Å². The summed E-state index contributed by atoms with van der Waals surface area (Å²) in [5.41, 5.74) is 2.70. The minimum absolute atomic E-state index is 0.0726. The van der Waals surface area contributed by atoms with Crippen LogP contribution in [0.3, 0.4) is 0 Å².